The number of carboxylic acids is 2. The van der Waals surface area contributed by atoms with Crippen molar-refractivity contribution < 1.29 is 19.8 Å². The van der Waals surface area contributed by atoms with E-state index in [1.807, 2.05) is 0 Å². The van der Waals surface area contributed by atoms with Crippen molar-refractivity contribution in [2.75, 3.05) is 0 Å². The maximum atomic E-state index is 11.9. The van der Waals surface area contributed by atoms with Crippen molar-refractivity contribution in [1.29, 1.82) is 0 Å². The molecule has 0 rings (SSSR count). The second-order valence-corrected chi connectivity index (χ2v) is 10.1. The van der Waals surface area contributed by atoms with Gasteiger partial charge < -0.3 is 10.2 Å². The zero-order valence-electron chi connectivity index (χ0n) is 20.3. The minimum absolute atomic E-state index is 0.174. The highest BCUT2D eigenvalue weighted by Crippen LogP contribution is 2.30. The summed E-state index contributed by atoms with van der Waals surface area (Å²) >= 11 is 0. The third-order valence-corrected chi connectivity index (χ3v) is 6.27. The molecule has 0 aliphatic carbocycles. The van der Waals surface area contributed by atoms with Gasteiger partial charge in [0.2, 0.25) is 0 Å². The SMILES string of the molecule is CC(C)CCC(CCCCCCCCCCCCC(=O)O)C(CCC(C)C)C(=O)O. The molecular formula is C26H50O4. The minimum Gasteiger partial charge on any atom is -0.481 e. The van der Waals surface area contributed by atoms with Crippen LogP contribution in [0.5, 0.6) is 0 Å². The number of hydrogen-bond acceptors (Lipinski definition) is 2. The van der Waals surface area contributed by atoms with Gasteiger partial charge in [0.05, 0.1) is 5.92 Å². The summed E-state index contributed by atoms with van der Waals surface area (Å²) in [6, 6.07) is 0. The van der Waals surface area contributed by atoms with Crippen LogP contribution in [0.3, 0.4) is 0 Å². The van der Waals surface area contributed by atoms with Crippen molar-refractivity contribution in [2.45, 2.75) is 130 Å². The fourth-order valence-electron chi connectivity index (χ4n) is 4.26. The van der Waals surface area contributed by atoms with Crippen molar-refractivity contribution in [2.24, 2.45) is 23.7 Å². The zero-order chi connectivity index (χ0) is 22.8. The van der Waals surface area contributed by atoms with E-state index < -0.39 is 11.9 Å². The highest BCUT2D eigenvalue weighted by molar-refractivity contribution is 5.70. The van der Waals surface area contributed by atoms with Crippen molar-refractivity contribution >= 4 is 11.9 Å². The molecule has 0 bridgehead atoms. The average Bonchev–Trinajstić information content (AvgIpc) is 2.65. The fraction of sp³-hybridized carbons (Fsp3) is 0.923. The monoisotopic (exact) mass is 426 g/mol. The molecule has 0 saturated carbocycles. The van der Waals surface area contributed by atoms with E-state index in [1.54, 1.807) is 0 Å². The Hall–Kier alpha value is -1.06. The van der Waals surface area contributed by atoms with Crippen molar-refractivity contribution in [3.05, 3.63) is 0 Å². The Kier molecular flexibility index (Phi) is 18.0. The molecule has 30 heavy (non-hydrogen) atoms. The van der Waals surface area contributed by atoms with Gasteiger partial charge in [0.1, 0.15) is 0 Å². The Labute approximate surface area is 186 Å². The molecule has 2 unspecified atom stereocenters. The molecule has 0 spiro atoms. The quantitative estimate of drug-likeness (QED) is 0.183. The molecule has 0 aliphatic rings. The fourth-order valence-corrected chi connectivity index (χ4v) is 4.26. The first-order valence-electron chi connectivity index (χ1n) is 12.7. The van der Waals surface area contributed by atoms with Gasteiger partial charge in [-0.15, -0.1) is 0 Å². The van der Waals surface area contributed by atoms with Crippen LogP contribution in [0.15, 0.2) is 0 Å². The summed E-state index contributed by atoms with van der Waals surface area (Å²) in [5.74, 6) is 0.0801. The van der Waals surface area contributed by atoms with Crippen LogP contribution in [0, 0.1) is 23.7 Å². The second-order valence-electron chi connectivity index (χ2n) is 10.1. The Morgan fingerprint density at radius 1 is 0.567 bits per heavy atom. The highest BCUT2D eigenvalue weighted by atomic mass is 16.4. The molecule has 2 atom stereocenters. The van der Waals surface area contributed by atoms with E-state index in [2.05, 4.69) is 27.7 Å². The molecule has 0 fully saturated rings. The van der Waals surface area contributed by atoms with Crippen molar-refractivity contribution in [3.63, 3.8) is 0 Å². The summed E-state index contributed by atoms with van der Waals surface area (Å²) in [5.41, 5.74) is 0. The van der Waals surface area contributed by atoms with E-state index in [0.717, 1.165) is 57.8 Å². The van der Waals surface area contributed by atoms with Crippen LogP contribution in [-0.4, -0.2) is 22.2 Å². The first-order valence-corrected chi connectivity index (χ1v) is 12.7. The predicted octanol–water partition coefficient (Wildman–Crippen LogP) is 7.94. The molecule has 4 nitrogen and oxygen atoms in total. The molecule has 0 saturated heterocycles. The largest absolute Gasteiger partial charge is 0.481 e. The molecule has 4 heteroatoms. The molecule has 0 amide bonds. The standard InChI is InChI=1S/C26H50O4/c1-21(2)17-19-23(24(26(29)30)20-18-22(3)4)15-13-11-9-7-5-6-8-10-12-14-16-25(27)28/h21-24H,5-20H2,1-4H3,(H,27,28)(H,29,30). The Morgan fingerprint density at radius 3 is 1.43 bits per heavy atom. The molecule has 0 aromatic carbocycles. The van der Waals surface area contributed by atoms with Crippen LogP contribution in [0.4, 0.5) is 0 Å². The van der Waals surface area contributed by atoms with Crippen LogP contribution in [0.2, 0.25) is 0 Å². The number of hydrogen-bond donors (Lipinski definition) is 2. The Balaban J connectivity index is 4.03. The van der Waals surface area contributed by atoms with Crippen molar-refractivity contribution in [1.82, 2.24) is 0 Å². The third kappa shape index (κ3) is 17.8. The van der Waals surface area contributed by atoms with Crippen LogP contribution in [0.1, 0.15) is 130 Å². The minimum atomic E-state index is -0.684. The Morgan fingerprint density at radius 2 is 1.00 bits per heavy atom. The molecule has 178 valence electrons. The smallest absolute Gasteiger partial charge is 0.306 e. The molecule has 0 aromatic heterocycles. The number of carboxylic acid groups (broad SMARTS) is 2. The van der Waals surface area contributed by atoms with E-state index in [1.165, 1.54) is 38.5 Å². The summed E-state index contributed by atoms with van der Waals surface area (Å²) in [5, 5.41) is 18.4. The number of rotatable bonds is 21. The molecule has 0 heterocycles. The van der Waals surface area contributed by atoms with Gasteiger partial charge in [0, 0.05) is 6.42 Å². The van der Waals surface area contributed by atoms with Gasteiger partial charge in [-0.2, -0.15) is 0 Å². The lowest BCUT2D eigenvalue weighted by molar-refractivity contribution is -0.144. The van der Waals surface area contributed by atoms with Crippen molar-refractivity contribution in [3.8, 4) is 0 Å². The van der Waals surface area contributed by atoms with Crippen LogP contribution >= 0.6 is 0 Å². The van der Waals surface area contributed by atoms with Gasteiger partial charge in [-0.25, -0.2) is 0 Å². The topological polar surface area (TPSA) is 74.6 Å². The lowest BCUT2D eigenvalue weighted by atomic mass is 9.79. The van der Waals surface area contributed by atoms with Gasteiger partial charge in [-0.05, 0) is 43.4 Å². The van der Waals surface area contributed by atoms with Gasteiger partial charge in [-0.3, -0.25) is 9.59 Å². The normalized spacial score (nSPS) is 13.7. The first kappa shape index (κ1) is 28.9. The molecular weight excluding hydrogens is 376 g/mol. The Bertz CT molecular complexity index is 431. The van der Waals surface area contributed by atoms with E-state index in [0.29, 0.717) is 24.2 Å². The summed E-state index contributed by atoms with van der Waals surface area (Å²) in [6.45, 7) is 8.82. The van der Waals surface area contributed by atoms with Crippen LogP contribution < -0.4 is 0 Å². The number of carbonyl (C=O) groups is 2. The summed E-state index contributed by atoms with van der Waals surface area (Å²) in [6.07, 6.45) is 17.0. The predicted molar refractivity (Wildman–Crippen MR) is 126 cm³/mol. The van der Waals surface area contributed by atoms with E-state index in [9.17, 15) is 14.7 Å². The second kappa shape index (κ2) is 18.7. The molecule has 0 aromatic rings. The molecule has 0 aliphatic heterocycles. The zero-order valence-corrected chi connectivity index (χ0v) is 20.3. The summed E-state index contributed by atoms with van der Waals surface area (Å²) in [7, 11) is 0. The molecule has 0 radical (unpaired) electrons. The highest BCUT2D eigenvalue weighted by Gasteiger charge is 2.27. The van der Waals surface area contributed by atoms with Gasteiger partial charge >= 0.3 is 11.9 Å². The maximum Gasteiger partial charge on any atom is 0.306 e. The van der Waals surface area contributed by atoms with E-state index >= 15 is 0 Å². The number of unbranched alkanes of at least 4 members (excludes halogenated alkanes) is 9. The van der Waals surface area contributed by atoms with Gasteiger partial charge in [-0.1, -0.05) is 98.3 Å². The lowest BCUT2D eigenvalue weighted by Gasteiger charge is -2.25. The first-order chi connectivity index (χ1) is 14.2. The third-order valence-electron chi connectivity index (χ3n) is 6.27. The maximum absolute atomic E-state index is 11.9. The molecule has 2 N–H and O–H groups in total. The van der Waals surface area contributed by atoms with Crippen LogP contribution in [0.25, 0.3) is 0 Å². The van der Waals surface area contributed by atoms with Crippen LogP contribution in [-0.2, 0) is 9.59 Å². The lowest BCUT2D eigenvalue weighted by Crippen LogP contribution is -2.25. The number of aliphatic carboxylic acids is 2. The van der Waals surface area contributed by atoms with E-state index in [4.69, 9.17) is 5.11 Å². The summed E-state index contributed by atoms with van der Waals surface area (Å²) < 4.78 is 0. The van der Waals surface area contributed by atoms with Gasteiger partial charge in [0.15, 0.2) is 0 Å². The summed E-state index contributed by atoms with van der Waals surface area (Å²) in [4.78, 5) is 22.4. The van der Waals surface area contributed by atoms with Gasteiger partial charge in [0.25, 0.3) is 0 Å². The van der Waals surface area contributed by atoms with E-state index in [-0.39, 0.29) is 5.92 Å². The average molecular weight is 427 g/mol.